The summed E-state index contributed by atoms with van der Waals surface area (Å²) in [5, 5.41) is 6.84. The van der Waals surface area contributed by atoms with Gasteiger partial charge in [0.2, 0.25) is 5.95 Å². The molecule has 0 unspecified atom stereocenters. The maximum absolute atomic E-state index is 13.5. The molecule has 0 atom stereocenters. The van der Waals surface area contributed by atoms with Gasteiger partial charge in [-0.2, -0.15) is 18.2 Å². The Bertz CT molecular complexity index is 993. The van der Waals surface area contributed by atoms with E-state index in [1.165, 1.54) is 12.0 Å². The van der Waals surface area contributed by atoms with Crippen LogP contribution in [0.15, 0.2) is 30.3 Å². The van der Waals surface area contributed by atoms with Crippen molar-refractivity contribution in [2.24, 2.45) is 0 Å². The van der Waals surface area contributed by atoms with E-state index in [0.717, 1.165) is 31.7 Å². The van der Waals surface area contributed by atoms with Crippen LogP contribution in [0, 0.1) is 0 Å². The van der Waals surface area contributed by atoms with Crippen LogP contribution >= 0.6 is 23.8 Å². The number of morpholine rings is 1. The number of rotatable bonds is 5. The SMILES string of the molecule is FC(F)(F)c1cc(N2CCOCC2)nc(NC(=S)NCC2(c3ccc(Cl)cc3)CCCCC2)n1. The molecular formula is C23H27ClF3N5OS. The molecule has 6 nitrogen and oxygen atoms in total. The third kappa shape index (κ3) is 6.09. The molecule has 0 bridgehead atoms. The Labute approximate surface area is 207 Å². The monoisotopic (exact) mass is 513 g/mol. The summed E-state index contributed by atoms with van der Waals surface area (Å²) < 4.78 is 45.8. The molecule has 2 N–H and O–H groups in total. The second kappa shape index (κ2) is 10.6. The molecule has 0 radical (unpaired) electrons. The van der Waals surface area contributed by atoms with Crippen molar-refractivity contribution in [2.75, 3.05) is 43.1 Å². The van der Waals surface area contributed by atoms with Crippen molar-refractivity contribution in [1.29, 1.82) is 0 Å². The lowest BCUT2D eigenvalue weighted by molar-refractivity contribution is -0.141. The molecule has 1 aliphatic carbocycles. The fourth-order valence-corrected chi connectivity index (χ4v) is 4.87. The molecule has 2 fully saturated rings. The fraction of sp³-hybridized carbons (Fsp3) is 0.522. The first-order valence-electron chi connectivity index (χ1n) is 11.4. The Morgan fingerprint density at radius 1 is 1.09 bits per heavy atom. The number of aromatic nitrogens is 2. The zero-order chi connectivity index (χ0) is 24.2. The van der Waals surface area contributed by atoms with Crippen LogP contribution in [0.4, 0.5) is 24.9 Å². The number of ether oxygens (including phenoxy) is 1. The minimum atomic E-state index is -4.60. The molecule has 184 valence electrons. The third-order valence-corrected chi connectivity index (χ3v) is 6.92. The lowest BCUT2D eigenvalue weighted by Gasteiger charge is -2.38. The highest BCUT2D eigenvalue weighted by Gasteiger charge is 2.35. The second-order valence-corrected chi connectivity index (χ2v) is 9.53. The third-order valence-electron chi connectivity index (χ3n) is 6.42. The predicted octanol–water partition coefficient (Wildman–Crippen LogP) is 5.17. The summed E-state index contributed by atoms with van der Waals surface area (Å²) >= 11 is 11.5. The highest BCUT2D eigenvalue weighted by atomic mass is 35.5. The van der Waals surface area contributed by atoms with E-state index in [4.69, 9.17) is 28.6 Å². The van der Waals surface area contributed by atoms with Crippen LogP contribution in [0.25, 0.3) is 0 Å². The maximum Gasteiger partial charge on any atom is 0.433 e. The molecule has 1 aromatic heterocycles. The van der Waals surface area contributed by atoms with Gasteiger partial charge in [-0.15, -0.1) is 0 Å². The zero-order valence-corrected chi connectivity index (χ0v) is 20.2. The molecule has 0 amide bonds. The number of hydrogen-bond donors (Lipinski definition) is 2. The van der Waals surface area contributed by atoms with Crippen molar-refractivity contribution in [3.63, 3.8) is 0 Å². The molecule has 2 aromatic rings. The predicted molar refractivity (Wildman–Crippen MR) is 131 cm³/mol. The molecule has 1 aromatic carbocycles. The Kier molecular flexibility index (Phi) is 7.79. The Morgan fingerprint density at radius 2 is 1.76 bits per heavy atom. The van der Waals surface area contributed by atoms with E-state index >= 15 is 0 Å². The molecule has 34 heavy (non-hydrogen) atoms. The van der Waals surface area contributed by atoms with Crippen molar-refractivity contribution >= 4 is 40.7 Å². The van der Waals surface area contributed by atoms with Gasteiger partial charge in [0.15, 0.2) is 10.8 Å². The van der Waals surface area contributed by atoms with Crippen LogP contribution in [-0.2, 0) is 16.3 Å². The molecular weight excluding hydrogens is 487 g/mol. The number of halogens is 4. The summed E-state index contributed by atoms with van der Waals surface area (Å²) in [5.74, 6) is 0.0128. The maximum atomic E-state index is 13.5. The van der Waals surface area contributed by atoms with Crippen LogP contribution in [0.5, 0.6) is 0 Å². The van der Waals surface area contributed by atoms with Crippen molar-refractivity contribution < 1.29 is 17.9 Å². The van der Waals surface area contributed by atoms with Gasteiger partial charge >= 0.3 is 6.18 Å². The van der Waals surface area contributed by atoms with Crippen LogP contribution in [0.1, 0.15) is 43.4 Å². The standard InChI is InChI=1S/C23H27ClF3N5OS/c24-17-6-4-16(5-7-17)22(8-2-1-3-9-22)15-28-21(34)31-20-29-18(23(25,26)27)14-19(30-20)32-10-12-33-13-11-32/h4-7,14H,1-3,8-13,15H2,(H2,28,29,30,31,34). The van der Waals surface area contributed by atoms with Gasteiger partial charge in [0.1, 0.15) is 5.82 Å². The number of nitrogens with zero attached hydrogens (tertiary/aromatic N) is 3. The number of benzene rings is 1. The van der Waals surface area contributed by atoms with Crippen LogP contribution in [-0.4, -0.2) is 47.9 Å². The van der Waals surface area contributed by atoms with Crippen molar-refractivity contribution in [1.82, 2.24) is 15.3 Å². The van der Waals surface area contributed by atoms with E-state index in [1.807, 2.05) is 24.3 Å². The van der Waals surface area contributed by atoms with Gasteiger partial charge in [0.05, 0.1) is 13.2 Å². The average Bonchev–Trinajstić information content (AvgIpc) is 2.83. The van der Waals surface area contributed by atoms with Gasteiger partial charge < -0.3 is 20.3 Å². The second-order valence-electron chi connectivity index (χ2n) is 8.69. The summed E-state index contributed by atoms with van der Waals surface area (Å²) in [6, 6.07) is 8.80. The lowest BCUT2D eigenvalue weighted by Crippen LogP contribution is -2.43. The Hall–Kier alpha value is -2.17. The smallest absolute Gasteiger partial charge is 0.378 e. The fourth-order valence-electron chi connectivity index (χ4n) is 4.58. The molecule has 0 spiro atoms. The van der Waals surface area contributed by atoms with Gasteiger partial charge in [-0.3, -0.25) is 0 Å². The van der Waals surface area contributed by atoms with E-state index in [9.17, 15) is 13.2 Å². The quantitative estimate of drug-likeness (QED) is 0.534. The first-order valence-corrected chi connectivity index (χ1v) is 12.1. The summed E-state index contributed by atoms with van der Waals surface area (Å²) in [7, 11) is 0. The van der Waals surface area contributed by atoms with Crippen molar-refractivity contribution in [3.8, 4) is 0 Å². The van der Waals surface area contributed by atoms with E-state index in [0.29, 0.717) is 37.9 Å². The molecule has 2 aliphatic rings. The molecule has 1 saturated heterocycles. The van der Waals surface area contributed by atoms with Gasteiger partial charge in [-0.05, 0) is 42.8 Å². The Morgan fingerprint density at radius 3 is 2.41 bits per heavy atom. The van der Waals surface area contributed by atoms with Crippen LogP contribution < -0.4 is 15.5 Å². The first kappa shape index (κ1) is 24.9. The first-order chi connectivity index (χ1) is 16.2. The number of nitrogens with one attached hydrogen (secondary N) is 2. The number of anilines is 2. The minimum Gasteiger partial charge on any atom is -0.378 e. The molecule has 1 aliphatic heterocycles. The number of alkyl halides is 3. The van der Waals surface area contributed by atoms with E-state index in [-0.39, 0.29) is 22.3 Å². The highest BCUT2D eigenvalue weighted by molar-refractivity contribution is 7.80. The highest BCUT2D eigenvalue weighted by Crippen LogP contribution is 2.39. The van der Waals surface area contributed by atoms with Gasteiger partial charge in [0, 0.05) is 36.1 Å². The lowest BCUT2D eigenvalue weighted by atomic mass is 9.69. The van der Waals surface area contributed by atoms with E-state index < -0.39 is 11.9 Å². The summed E-state index contributed by atoms with van der Waals surface area (Å²) in [4.78, 5) is 9.72. The molecule has 11 heteroatoms. The largest absolute Gasteiger partial charge is 0.433 e. The molecule has 4 rings (SSSR count). The molecule has 1 saturated carbocycles. The van der Waals surface area contributed by atoms with Crippen molar-refractivity contribution in [3.05, 3.63) is 46.6 Å². The van der Waals surface area contributed by atoms with E-state index in [1.54, 1.807) is 4.90 Å². The normalized spacial score (nSPS) is 18.4. The summed E-state index contributed by atoms with van der Waals surface area (Å²) in [5.41, 5.74) is 0.0402. The molecule has 2 heterocycles. The van der Waals surface area contributed by atoms with Crippen LogP contribution in [0.2, 0.25) is 5.02 Å². The minimum absolute atomic E-state index is 0.123. The zero-order valence-electron chi connectivity index (χ0n) is 18.6. The van der Waals surface area contributed by atoms with Gasteiger partial charge in [0.25, 0.3) is 0 Å². The van der Waals surface area contributed by atoms with Gasteiger partial charge in [-0.1, -0.05) is 43.0 Å². The topological polar surface area (TPSA) is 62.3 Å². The van der Waals surface area contributed by atoms with Crippen LogP contribution in [0.3, 0.4) is 0 Å². The summed E-state index contributed by atoms with van der Waals surface area (Å²) in [6.45, 7) is 2.33. The van der Waals surface area contributed by atoms with Gasteiger partial charge in [-0.25, -0.2) is 4.98 Å². The average molecular weight is 514 g/mol. The van der Waals surface area contributed by atoms with E-state index in [2.05, 4.69) is 20.6 Å². The number of thiocarbonyl (C=S) groups is 1. The Balaban J connectivity index is 1.49. The van der Waals surface area contributed by atoms with Crippen molar-refractivity contribution in [2.45, 2.75) is 43.7 Å². The number of hydrogen-bond acceptors (Lipinski definition) is 5. The summed E-state index contributed by atoms with van der Waals surface area (Å²) in [6.07, 6.45) is 0.766.